The summed E-state index contributed by atoms with van der Waals surface area (Å²) < 4.78 is 62.6. The smallest absolute Gasteiger partial charge is 0.480 e. The number of aromatic nitrogens is 2. The van der Waals surface area contributed by atoms with Gasteiger partial charge in [-0.3, -0.25) is 43.3 Å². The second kappa shape index (κ2) is 30.5. The van der Waals surface area contributed by atoms with Crippen LogP contribution >= 0.6 is 0 Å². The Labute approximate surface area is 464 Å². The molecule has 0 spiro atoms. The number of carboxylic acids is 2. The zero-order valence-electron chi connectivity index (χ0n) is 46.1. The van der Waals surface area contributed by atoms with Crippen LogP contribution in [0.1, 0.15) is 116 Å². The zero-order chi connectivity index (χ0) is 61.1. The third-order valence-electron chi connectivity index (χ3n) is 12.7. The molecule has 1 aromatic heterocycles. The van der Waals surface area contributed by atoms with Crippen molar-refractivity contribution < 1.29 is 80.1 Å². The Morgan fingerprint density at radius 1 is 0.802 bits per heavy atom. The minimum atomic E-state index is -5.08. The standard InChI is InChI=1S/C52H70F2N10O10.C2HF3O2/c1-31(2)45(59-42(67)16-12-9-13-25-63-43(68)21-22-44(63)69)49(71)58-32(3)50(72)62(39(51(73)74)19-20-41(56)66)27-24-57-48(70)38(55)23-26-61(33(4)65)47(52(5,6)7)46-35(28-34-14-10-8-11-15-34)30-64(60-46)40-29-36(53)17-18-37(40)54;3-2(4,5)1(6)7/h8,10-11,14-15,17-18,21-22,29-32,38-39,45,47H,9,12-13,16,19-20,23-28,55H2,1-7H3,(H2,56,66)(H,57,70)(H,58,71)(H,59,67)(H,73,74);(H,6,7)/t32-,38-,39-,45-,47-;/m0./s1. The monoisotopic (exact) mass is 1150 g/mol. The lowest BCUT2D eigenvalue weighted by Crippen LogP contribution is -2.58. The van der Waals surface area contributed by atoms with Gasteiger partial charge in [-0.1, -0.05) is 71.4 Å². The van der Waals surface area contributed by atoms with Crippen molar-refractivity contribution in [1.29, 1.82) is 0 Å². The molecule has 0 unspecified atom stereocenters. The van der Waals surface area contributed by atoms with Crippen molar-refractivity contribution in [2.24, 2.45) is 22.8 Å². The Morgan fingerprint density at radius 3 is 1.96 bits per heavy atom. The number of hydrogen-bond donors (Lipinski definition) is 7. The number of halogens is 5. The van der Waals surface area contributed by atoms with Crippen LogP contribution in [0.3, 0.4) is 0 Å². The Kier molecular flexibility index (Phi) is 25.3. The van der Waals surface area contributed by atoms with Crippen molar-refractivity contribution in [3.63, 3.8) is 0 Å². The molecule has 0 saturated heterocycles. The van der Waals surface area contributed by atoms with Gasteiger partial charge in [0, 0.05) is 82.3 Å². The van der Waals surface area contributed by atoms with E-state index in [0.717, 1.165) is 33.6 Å². The maximum atomic E-state index is 15.1. The normalized spacial score (nSPS) is 14.2. The van der Waals surface area contributed by atoms with Gasteiger partial charge in [-0.25, -0.2) is 23.1 Å². The number of rotatable bonds is 28. The van der Waals surface area contributed by atoms with Crippen LogP contribution in [0, 0.1) is 23.0 Å². The largest absolute Gasteiger partial charge is 0.490 e. The van der Waals surface area contributed by atoms with Crippen molar-refractivity contribution in [3.8, 4) is 5.69 Å². The van der Waals surface area contributed by atoms with Crippen molar-refractivity contribution in [2.75, 3.05) is 26.2 Å². The Hall–Kier alpha value is -8.10. The molecule has 0 bridgehead atoms. The van der Waals surface area contributed by atoms with E-state index in [0.29, 0.717) is 36.9 Å². The van der Waals surface area contributed by atoms with Crippen molar-refractivity contribution in [2.45, 2.75) is 136 Å². The number of amides is 8. The molecule has 0 aliphatic carbocycles. The van der Waals surface area contributed by atoms with Gasteiger partial charge in [-0.15, -0.1) is 0 Å². The third kappa shape index (κ3) is 20.8. The number of carbonyl (C=O) groups excluding carboxylic acids is 8. The zero-order valence-corrected chi connectivity index (χ0v) is 46.1. The number of primary amides is 1. The second-order valence-corrected chi connectivity index (χ2v) is 20.6. The lowest BCUT2D eigenvalue weighted by atomic mass is 9.81. The van der Waals surface area contributed by atoms with Crippen LogP contribution in [0.25, 0.3) is 5.69 Å². The molecule has 27 heteroatoms. The molecule has 81 heavy (non-hydrogen) atoms. The summed E-state index contributed by atoms with van der Waals surface area (Å²) in [6.07, 6.45) is -0.233. The molecule has 5 atom stereocenters. The number of carbonyl (C=O) groups is 10. The minimum Gasteiger partial charge on any atom is -0.480 e. The van der Waals surface area contributed by atoms with Gasteiger partial charge in [0.25, 0.3) is 11.8 Å². The highest BCUT2D eigenvalue weighted by Gasteiger charge is 2.40. The van der Waals surface area contributed by atoms with Gasteiger partial charge in [0.05, 0.1) is 17.8 Å². The Balaban J connectivity index is 0.00000230. The van der Waals surface area contributed by atoms with Crippen LogP contribution < -0.4 is 27.4 Å². The van der Waals surface area contributed by atoms with Crippen molar-refractivity contribution >= 4 is 59.2 Å². The quantitative estimate of drug-likeness (QED) is 0.0309. The summed E-state index contributed by atoms with van der Waals surface area (Å²) in [4.78, 5) is 128. The summed E-state index contributed by atoms with van der Waals surface area (Å²) in [6, 6.07) is 6.31. The maximum absolute atomic E-state index is 15.1. The number of alkyl halides is 3. The number of aliphatic carboxylic acids is 2. The lowest BCUT2D eigenvalue weighted by molar-refractivity contribution is -0.192. The van der Waals surface area contributed by atoms with E-state index < -0.39 is 132 Å². The van der Waals surface area contributed by atoms with E-state index in [9.17, 15) is 65.8 Å². The van der Waals surface area contributed by atoms with Crippen LogP contribution in [0.2, 0.25) is 0 Å². The number of benzene rings is 2. The van der Waals surface area contributed by atoms with E-state index in [2.05, 4.69) is 16.0 Å². The maximum Gasteiger partial charge on any atom is 0.490 e. The number of nitrogens with two attached hydrogens (primary N) is 2. The molecule has 0 fully saturated rings. The van der Waals surface area contributed by atoms with Gasteiger partial charge in [0.2, 0.25) is 35.4 Å². The van der Waals surface area contributed by atoms with Gasteiger partial charge in [-0.05, 0) is 61.6 Å². The molecular weight excluding hydrogens is 1080 g/mol. The van der Waals surface area contributed by atoms with Crippen LogP contribution in [-0.2, 0) is 54.4 Å². The first-order chi connectivity index (χ1) is 37.7. The van der Waals surface area contributed by atoms with Gasteiger partial charge >= 0.3 is 18.1 Å². The third-order valence-corrected chi connectivity index (χ3v) is 12.7. The number of carboxylic acid groups (broad SMARTS) is 2. The SMILES string of the molecule is CC(=O)N(CC[C@H](N)C(=O)NCCN(C(=O)[C@H](C)NC(=O)[C@@H](NC(=O)CCCCCN1C(=O)C=CC1=O)C(C)C)[C@@H](CCC(N)=O)C(=O)O)[C@@H](c1nn(-c2cc(F)ccc2F)cc1Cc1ccccc1)C(C)(C)C.O=C(O)C(F)(F)F. The van der Waals surface area contributed by atoms with Crippen LogP contribution in [0.15, 0.2) is 66.9 Å². The lowest BCUT2D eigenvalue weighted by Gasteiger charge is -2.40. The molecule has 1 aliphatic heterocycles. The fourth-order valence-electron chi connectivity index (χ4n) is 8.61. The van der Waals surface area contributed by atoms with Gasteiger partial charge in [0.15, 0.2) is 0 Å². The molecular formula is C54H71F5N10O12. The van der Waals surface area contributed by atoms with Gasteiger partial charge in [-0.2, -0.15) is 18.3 Å². The summed E-state index contributed by atoms with van der Waals surface area (Å²) in [5.41, 5.74) is 12.8. The Morgan fingerprint density at radius 2 is 1.42 bits per heavy atom. The number of unbranched alkanes of at least 4 members (excludes halogenated alkanes) is 2. The molecule has 2 aromatic carbocycles. The molecule has 8 amide bonds. The summed E-state index contributed by atoms with van der Waals surface area (Å²) in [6.45, 7) is 11.1. The van der Waals surface area contributed by atoms with Crippen LogP contribution in [-0.4, -0.2) is 150 Å². The molecule has 0 radical (unpaired) electrons. The first-order valence-corrected chi connectivity index (χ1v) is 25.9. The van der Waals surface area contributed by atoms with Crippen molar-refractivity contribution in [3.05, 3.63) is 95.3 Å². The number of imide groups is 1. The fraction of sp³-hybridized carbons (Fsp3) is 0.500. The first-order valence-electron chi connectivity index (χ1n) is 25.9. The van der Waals surface area contributed by atoms with Crippen LogP contribution in [0.4, 0.5) is 22.0 Å². The van der Waals surface area contributed by atoms with E-state index in [1.165, 1.54) is 35.6 Å². The molecule has 444 valence electrons. The predicted molar refractivity (Wildman–Crippen MR) is 282 cm³/mol. The van der Waals surface area contributed by atoms with E-state index in [-0.39, 0.29) is 44.1 Å². The topological polar surface area (TPSA) is 327 Å². The first kappa shape index (κ1) is 67.2. The van der Waals surface area contributed by atoms with Crippen molar-refractivity contribution in [1.82, 2.24) is 40.4 Å². The Bertz CT molecular complexity index is 2750. The number of nitrogens with zero attached hydrogens (tertiary/aromatic N) is 5. The summed E-state index contributed by atoms with van der Waals surface area (Å²) in [5, 5.41) is 30.0. The molecule has 1 aliphatic rings. The number of hydrogen-bond acceptors (Lipinski definition) is 12. The molecule has 22 nitrogen and oxygen atoms in total. The van der Waals surface area contributed by atoms with Gasteiger partial charge in [0.1, 0.15) is 35.4 Å². The van der Waals surface area contributed by atoms with E-state index in [1.807, 2.05) is 51.1 Å². The number of nitrogens with one attached hydrogen (secondary N) is 3. The van der Waals surface area contributed by atoms with E-state index >= 15 is 4.39 Å². The molecule has 2 heterocycles. The average Bonchev–Trinajstić information content (AvgIpc) is 4.04. The van der Waals surface area contributed by atoms with E-state index in [4.69, 9.17) is 26.5 Å². The predicted octanol–water partition coefficient (Wildman–Crippen LogP) is 3.82. The fourth-order valence-corrected chi connectivity index (χ4v) is 8.61. The highest BCUT2D eigenvalue weighted by atomic mass is 19.4. The summed E-state index contributed by atoms with van der Waals surface area (Å²) in [5.74, 6) is -10.9. The highest BCUT2D eigenvalue weighted by molar-refractivity contribution is 6.12. The molecule has 0 saturated carbocycles. The average molecular weight is 1150 g/mol. The molecule has 4 rings (SSSR count). The molecule has 9 N–H and O–H groups in total. The minimum absolute atomic E-state index is 0.0334. The van der Waals surface area contributed by atoms with Crippen LogP contribution in [0.5, 0.6) is 0 Å². The highest BCUT2D eigenvalue weighted by Crippen LogP contribution is 2.40. The molecule has 3 aromatic rings. The second-order valence-electron chi connectivity index (χ2n) is 20.6. The summed E-state index contributed by atoms with van der Waals surface area (Å²) in [7, 11) is 0. The summed E-state index contributed by atoms with van der Waals surface area (Å²) >= 11 is 0. The van der Waals surface area contributed by atoms with E-state index in [1.54, 1.807) is 20.0 Å². The van der Waals surface area contributed by atoms with Gasteiger partial charge < -0.3 is 47.4 Å².